The molecule has 0 aromatic heterocycles. The molecule has 0 aliphatic rings. The van der Waals surface area contributed by atoms with E-state index in [2.05, 4.69) is 0 Å². The fraction of sp³-hybridized carbons (Fsp3) is 0.655. The Morgan fingerprint density at radius 1 is 0.737 bits per heavy atom. The first-order chi connectivity index (χ1) is 17.7. The molecular weight excluding hydrogens is 490 g/mol. The summed E-state index contributed by atoms with van der Waals surface area (Å²) in [4.78, 5) is 49.6. The third kappa shape index (κ3) is 10.4. The van der Waals surface area contributed by atoms with Crippen molar-refractivity contribution in [3.8, 4) is 11.5 Å². The number of benzene rings is 1. The number of rotatable bonds is 14. The second-order valence-electron chi connectivity index (χ2n) is 10.6. The van der Waals surface area contributed by atoms with E-state index < -0.39 is 36.2 Å². The fourth-order valence-electron chi connectivity index (χ4n) is 3.06. The molecule has 9 heteroatoms. The molecule has 9 nitrogen and oxygen atoms in total. The Balaban J connectivity index is 3.04. The predicted molar refractivity (Wildman–Crippen MR) is 143 cm³/mol. The van der Waals surface area contributed by atoms with Gasteiger partial charge in [0.15, 0.2) is 11.5 Å². The largest absolute Gasteiger partial charge is 0.459 e. The van der Waals surface area contributed by atoms with Gasteiger partial charge in [0, 0.05) is 6.42 Å². The van der Waals surface area contributed by atoms with Gasteiger partial charge in [-0.3, -0.25) is 19.2 Å². The quantitative estimate of drug-likeness (QED) is 0.268. The minimum Gasteiger partial charge on any atom is -0.459 e. The molecule has 1 rings (SSSR count). The number of ether oxygens (including phenoxy) is 4. The highest BCUT2D eigenvalue weighted by Crippen LogP contribution is 2.31. The molecule has 1 aromatic rings. The highest BCUT2D eigenvalue weighted by molar-refractivity contribution is 5.79. The SMILES string of the molecule is CCCC(=O)OC(C)[C@H](C)OC(=O)[C@@H](N)Cc1ccc(OC(=O)C(C)C(C)C)c(OC(=O)C(C)C(C)C)c1. The van der Waals surface area contributed by atoms with Crippen molar-refractivity contribution in [2.24, 2.45) is 29.4 Å². The van der Waals surface area contributed by atoms with Gasteiger partial charge in [-0.15, -0.1) is 0 Å². The van der Waals surface area contributed by atoms with Gasteiger partial charge >= 0.3 is 23.9 Å². The minimum absolute atomic E-state index is 0.0477. The first kappa shape index (κ1) is 33.1. The van der Waals surface area contributed by atoms with E-state index in [9.17, 15) is 19.2 Å². The Kier molecular flexibility index (Phi) is 13.5. The molecule has 0 saturated heterocycles. The van der Waals surface area contributed by atoms with Gasteiger partial charge in [-0.2, -0.15) is 0 Å². The summed E-state index contributed by atoms with van der Waals surface area (Å²) in [5, 5.41) is 0. The third-order valence-corrected chi connectivity index (χ3v) is 6.67. The lowest BCUT2D eigenvalue weighted by Gasteiger charge is -2.22. The van der Waals surface area contributed by atoms with Gasteiger partial charge in [0.2, 0.25) is 0 Å². The van der Waals surface area contributed by atoms with Crippen molar-refractivity contribution in [1.29, 1.82) is 0 Å². The number of hydrogen-bond acceptors (Lipinski definition) is 9. The molecule has 0 radical (unpaired) electrons. The van der Waals surface area contributed by atoms with Gasteiger partial charge in [0.05, 0.1) is 11.8 Å². The Morgan fingerprint density at radius 3 is 1.74 bits per heavy atom. The molecule has 0 fully saturated rings. The van der Waals surface area contributed by atoms with E-state index in [1.807, 2.05) is 34.6 Å². The Labute approximate surface area is 226 Å². The van der Waals surface area contributed by atoms with E-state index in [1.165, 1.54) is 6.07 Å². The molecule has 0 aliphatic carbocycles. The lowest BCUT2D eigenvalue weighted by molar-refractivity contribution is -0.166. The summed E-state index contributed by atoms with van der Waals surface area (Å²) >= 11 is 0. The first-order valence-corrected chi connectivity index (χ1v) is 13.4. The number of carbonyl (C=O) groups is 4. The van der Waals surface area contributed by atoms with Crippen LogP contribution in [-0.4, -0.2) is 42.1 Å². The van der Waals surface area contributed by atoms with Crippen LogP contribution >= 0.6 is 0 Å². The molecule has 0 heterocycles. The van der Waals surface area contributed by atoms with Crippen molar-refractivity contribution < 1.29 is 38.1 Å². The van der Waals surface area contributed by atoms with Crippen LogP contribution in [0.4, 0.5) is 0 Å². The van der Waals surface area contributed by atoms with Gasteiger partial charge in [-0.25, -0.2) is 0 Å². The molecule has 5 atom stereocenters. The minimum atomic E-state index is -1.02. The zero-order valence-corrected chi connectivity index (χ0v) is 24.2. The Morgan fingerprint density at radius 2 is 1.24 bits per heavy atom. The predicted octanol–water partition coefficient (Wildman–Crippen LogP) is 4.61. The van der Waals surface area contributed by atoms with E-state index in [0.29, 0.717) is 12.0 Å². The van der Waals surface area contributed by atoms with Crippen molar-refractivity contribution in [3.05, 3.63) is 23.8 Å². The van der Waals surface area contributed by atoms with Crippen LogP contribution in [0.3, 0.4) is 0 Å². The molecule has 0 saturated carbocycles. The van der Waals surface area contributed by atoms with Crippen molar-refractivity contribution in [1.82, 2.24) is 0 Å². The van der Waals surface area contributed by atoms with Crippen LogP contribution in [0, 0.1) is 23.7 Å². The van der Waals surface area contributed by atoms with E-state index in [1.54, 1.807) is 39.8 Å². The smallest absolute Gasteiger partial charge is 0.323 e. The lowest BCUT2D eigenvalue weighted by atomic mass is 9.98. The molecular formula is C29H45NO8. The molecule has 38 heavy (non-hydrogen) atoms. The summed E-state index contributed by atoms with van der Waals surface area (Å²) < 4.78 is 21.9. The van der Waals surface area contributed by atoms with Gasteiger partial charge in [-0.1, -0.05) is 54.5 Å². The number of carbonyl (C=O) groups excluding carboxylic acids is 4. The maximum atomic E-state index is 12.7. The average molecular weight is 536 g/mol. The summed E-state index contributed by atoms with van der Waals surface area (Å²) in [6.45, 7) is 16.3. The standard InChI is InChI=1S/C29H45NO8/c1-10-11-26(31)35-20(8)21(9)36-29(34)23(30)14-22-12-13-24(37-27(32)18(6)16(2)3)25(15-22)38-28(33)19(7)17(4)5/h12-13,15-21,23H,10-11,14,30H2,1-9H3/t18?,19?,20?,21-,23-/m0/s1. The van der Waals surface area contributed by atoms with Crippen molar-refractivity contribution in [2.75, 3.05) is 0 Å². The van der Waals surface area contributed by atoms with Crippen LogP contribution in [0.25, 0.3) is 0 Å². The summed E-state index contributed by atoms with van der Waals surface area (Å²) in [6.07, 6.45) is -0.284. The maximum absolute atomic E-state index is 12.7. The highest BCUT2D eigenvalue weighted by Gasteiger charge is 2.26. The van der Waals surface area contributed by atoms with Crippen LogP contribution in [-0.2, 0) is 35.1 Å². The second kappa shape index (κ2) is 15.5. The number of esters is 4. The van der Waals surface area contributed by atoms with E-state index in [-0.39, 0.29) is 54.0 Å². The monoisotopic (exact) mass is 535 g/mol. The van der Waals surface area contributed by atoms with Crippen molar-refractivity contribution in [3.63, 3.8) is 0 Å². The van der Waals surface area contributed by atoms with E-state index in [0.717, 1.165) is 0 Å². The average Bonchev–Trinajstić information content (AvgIpc) is 2.84. The topological polar surface area (TPSA) is 131 Å². The third-order valence-electron chi connectivity index (χ3n) is 6.67. The summed E-state index contributed by atoms with van der Waals surface area (Å²) in [7, 11) is 0. The second-order valence-corrected chi connectivity index (χ2v) is 10.6. The normalized spacial score (nSPS) is 15.3. The van der Waals surface area contributed by atoms with E-state index >= 15 is 0 Å². The highest BCUT2D eigenvalue weighted by atomic mass is 16.6. The van der Waals surface area contributed by atoms with Crippen molar-refractivity contribution in [2.45, 2.75) is 99.8 Å². The molecule has 0 spiro atoms. The zero-order valence-electron chi connectivity index (χ0n) is 24.2. The van der Waals surface area contributed by atoms with Gasteiger partial charge in [0.1, 0.15) is 18.2 Å². The summed E-state index contributed by atoms with van der Waals surface area (Å²) in [5.74, 6) is -2.36. The summed E-state index contributed by atoms with van der Waals surface area (Å²) in [5.41, 5.74) is 6.69. The van der Waals surface area contributed by atoms with Crippen molar-refractivity contribution >= 4 is 23.9 Å². The molecule has 0 amide bonds. The summed E-state index contributed by atoms with van der Waals surface area (Å²) in [6, 6.07) is 3.69. The lowest BCUT2D eigenvalue weighted by Crippen LogP contribution is -2.39. The van der Waals surface area contributed by atoms with Gasteiger partial charge < -0.3 is 24.7 Å². The Hall–Kier alpha value is -2.94. The molecule has 1 aromatic carbocycles. The number of hydrogen-bond donors (Lipinski definition) is 1. The molecule has 2 N–H and O–H groups in total. The molecule has 3 unspecified atom stereocenters. The van der Waals surface area contributed by atoms with Crippen LogP contribution in [0.2, 0.25) is 0 Å². The fourth-order valence-corrected chi connectivity index (χ4v) is 3.06. The molecule has 0 bridgehead atoms. The number of nitrogens with two attached hydrogens (primary N) is 1. The van der Waals surface area contributed by atoms with Crippen LogP contribution in [0.5, 0.6) is 11.5 Å². The zero-order chi connectivity index (χ0) is 29.2. The van der Waals surface area contributed by atoms with Crippen LogP contribution in [0.1, 0.15) is 80.7 Å². The van der Waals surface area contributed by atoms with E-state index in [4.69, 9.17) is 24.7 Å². The Bertz CT molecular complexity index is 958. The van der Waals surface area contributed by atoms with Gasteiger partial charge in [0.25, 0.3) is 0 Å². The van der Waals surface area contributed by atoms with Gasteiger partial charge in [-0.05, 0) is 56.2 Å². The molecule has 214 valence electrons. The van der Waals surface area contributed by atoms with Crippen LogP contribution < -0.4 is 15.2 Å². The first-order valence-electron chi connectivity index (χ1n) is 13.4. The van der Waals surface area contributed by atoms with Crippen LogP contribution in [0.15, 0.2) is 18.2 Å². The molecule has 0 aliphatic heterocycles. The maximum Gasteiger partial charge on any atom is 0.323 e.